The van der Waals surface area contributed by atoms with Gasteiger partial charge in [-0.05, 0) is 118 Å². The lowest BCUT2D eigenvalue weighted by Gasteiger charge is -2.26. The second kappa shape index (κ2) is 10.9. The quantitative estimate of drug-likeness (QED) is 0.282. The molecular weight excluding hydrogens is 544 g/mol. The molecule has 4 rings (SSSR count). The van der Waals surface area contributed by atoms with Gasteiger partial charge < -0.3 is 9.47 Å². The van der Waals surface area contributed by atoms with Crippen LogP contribution in [0.4, 0.5) is 0 Å². The van der Waals surface area contributed by atoms with E-state index in [1.165, 1.54) is 42.0 Å². The Labute approximate surface area is 238 Å². The highest BCUT2D eigenvalue weighted by atomic mass is 32.2. The largest absolute Gasteiger partial charge is 0.488 e. The van der Waals surface area contributed by atoms with Gasteiger partial charge in [0.15, 0.2) is 0 Å². The smallest absolute Gasteiger partial charge is 0.206 e. The van der Waals surface area contributed by atoms with Gasteiger partial charge in [0.05, 0.1) is 14.7 Å². The summed E-state index contributed by atoms with van der Waals surface area (Å²) in [5.41, 5.74) is 0.865. The third-order valence-electron chi connectivity index (χ3n) is 6.48. The fourth-order valence-electron chi connectivity index (χ4n) is 4.30. The van der Waals surface area contributed by atoms with Crippen LogP contribution in [-0.2, 0) is 19.7 Å². The van der Waals surface area contributed by atoms with E-state index in [1.807, 2.05) is 26.8 Å². The lowest BCUT2D eigenvalue weighted by Crippen LogP contribution is -2.22. The van der Waals surface area contributed by atoms with Gasteiger partial charge in [0.2, 0.25) is 19.7 Å². The van der Waals surface area contributed by atoms with Gasteiger partial charge >= 0.3 is 0 Å². The first-order valence-corrected chi connectivity index (χ1v) is 16.1. The molecule has 0 unspecified atom stereocenters. The van der Waals surface area contributed by atoms with Crippen LogP contribution in [0.1, 0.15) is 54.4 Å². The average Bonchev–Trinajstić information content (AvgIpc) is 2.88. The highest BCUT2D eigenvalue weighted by Gasteiger charge is 2.26. The summed E-state index contributed by atoms with van der Waals surface area (Å²) in [5, 5.41) is 0. The van der Waals surface area contributed by atoms with Crippen molar-refractivity contribution in [3.63, 3.8) is 0 Å². The number of hydrogen-bond donors (Lipinski definition) is 0. The van der Waals surface area contributed by atoms with Crippen LogP contribution < -0.4 is 9.47 Å². The van der Waals surface area contributed by atoms with Crippen molar-refractivity contribution in [1.29, 1.82) is 0 Å². The molecule has 0 fully saturated rings. The number of sulfone groups is 2. The van der Waals surface area contributed by atoms with E-state index in [0.29, 0.717) is 28.6 Å². The van der Waals surface area contributed by atoms with Crippen LogP contribution in [0.2, 0.25) is 0 Å². The summed E-state index contributed by atoms with van der Waals surface area (Å²) >= 11 is 0. The van der Waals surface area contributed by atoms with Gasteiger partial charge in [-0.25, -0.2) is 16.8 Å². The first-order valence-electron chi connectivity index (χ1n) is 13.1. The number of hydrogen-bond acceptors (Lipinski definition) is 6. The Hall–Kier alpha value is -3.36. The van der Waals surface area contributed by atoms with Crippen molar-refractivity contribution in [2.24, 2.45) is 5.41 Å². The van der Waals surface area contributed by atoms with Gasteiger partial charge in [-0.2, -0.15) is 0 Å². The lowest BCUT2D eigenvalue weighted by molar-refractivity contribution is 0.131. The highest BCUT2D eigenvalue weighted by molar-refractivity contribution is 7.95. The SMILES string of the molecule is CC(C)(C)Oc1ccc(S(=O)(=O)c2ccc(Oc3ccc(S(=O)(=O)C4=CC=C(C(C)(C)C)CC4)cc3)cc2)cc1. The van der Waals surface area contributed by atoms with E-state index in [-0.39, 0.29) is 25.7 Å². The molecule has 1 aliphatic carbocycles. The number of benzene rings is 3. The Bertz CT molecular complexity index is 1630. The van der Waals surface area contributed by atoms with Gasteiger partial charge in [-0.15, -0.1) is 0 Å². The monoisotopic (exact) mass is 580 g/mol. The third-order valence-corrected chi connectivity index (χ3v) is 10.2. The zero-order valence-electron chi connectivity index (χ0n) is 23.8. The molecular formula is C32H36O6S2. The van der Waals surface area contributed by atoms with E-state index >= 15 is 0 Å². The van der Waals surface area contributed by atoms with Crippen molar-refractivity contribution >= 4 is 19.7 Å². The van der Waals surface area contributed by atoms with Crippen LogP contribution in [0.5, 0.6) is 17.2 Å². The minimum Gasteiger partial charge on any atom is -0.488 e. The zero-order valence-corrected chi connectivity index (χ0v) is 25.4. The molecule has 6 nitrogen and oxygen atoms in total. The molecule has 0 aliphatic heterocycles. The summed E-state index contributed by atoms with van der Waals surface area (Å²) in [6.07, 6.45) is 4.84. The Morgan fingerprint density at radius 1 is 0.550 bits per heavy atom. The van der Waals surface area contributed by atoms with Crippen molar-refractivity contribution in [3.05, 3.63) is 95.4 Å². The molecule has 0 aromatic heterocycles. The number of ether oxygens (including phenoxy) is 2. The maximum Gasteiger partial charge on any atom is 0.206 e. The molecule has 212 valence electrons. The van der Waals surface area contributed by atoms with Crippen molar-refractivity contribution < 1.29 is 26.3 Å². The molecule has 0 saturated heterocycles. The second-order valence-corrected chi connectivity index (χ2v) is 15.8. The first kappa shape index (κ1) is 29.6. The third kappa shape index (κ3) is 6.85. The summed E-state index contributed by atoms with van der Waals surface area (Å²) in [5.74, 6) is 1.46. The van der Waals surface area contributed by atoms with Gasteiger partial charge in [0.1, 0.15) is 22.8 Å². The molecule has 0 radical (unpaired) electrons. The molecule has 1 aliphatic rings. The van der Waals surface area contributed by atoms with E-state index in [4.69, 9.17) is 9.47 Å². The molecule has 0 N–H and O–H groups in total. The van der Waals surface area contributed by atoms with E-state index in [0.717, 1.165) is 6.42 Å². The molecule has 3 aromatic rings. The van der Waals surface area contributed by atoms with Crippen LogP contribution in [0.3, 0.4) is 0 Å². The molecule has 0 spiro atoms. The standard InChI is InChI=1S/C32H36O6S2/c1-31(2,3)23-7-15-27(16-8-23)39(33,34)28-17-9-24(10-18-28)37-25-11-19-29(20-12-25)40(35,36)30-21-13-26(14-22-30)38-32(4,5)6/h7,9-15,17-22H,8,16H2,1-6H3. The Morgan fingerprint density at radius 2 is 0.975 bits per heavy atom. The van der Waals surface area contributed by atoms with Crippen LogP contribution in [-0.4, -0.2) is 22.4 Å². The van der Waals surface area contributed by atoms with E-state index in [2.05, 4.69) is 20.8 Å². The van der Waals surface area contributed by atoms with Crippen molar-refractivity contribution in [2.75, 3.05) is 0 Å². The van der Waals surface area contributed by atoms with Crippen LogP contribution in [0.25, 0.3) is 0 Å². The van der Waals surface area contributed by atoms with Crippen LogP contribution in [0.15, 0.2) is 110 Å². The highest BCUT2D eigenvalue weighted by Crippen LogP contribution is 2.36. The average molecular weight is 581 g/mol. The van der Waals surface area contributed by atoms with Crippen molar-refractivity contribution in [2.45, 2.75) is 74.7 Å². The molecule has 0 amide bonds. The summed E-state index contributed by atoms with van der Waals surface area (Å²) in [6.45, 7) is 12.1. The maximum absolute atomic E-state index is 13.1. The lowest BCUT2D eigenvalue weighted by atomic mass is 9.82. The Morgan fingerprint density at radius 3 is 1.35 bits per heavy atom. The molecule has 0 atom stereocenters. The number of allylic oxidation sites excluding steroid dienone is 4. The molecule has 0 heterocycles. The molecule has 8 heteroatoms. The minimum absolute atomic E-state index is 0.0140. The number of rotatable bonds is 7. The fourth-order valence-corrected chi connectivity index (χ4v) is 6.98. The van der Waals surface area contributed by atoms with Crippen molar-refractivity contribution in [1.82, 2.24) is 0 Å². The maximum atomic E-state index is 13.1. The van der Waals surface area contributed by atoms with Gasteiger partial charge in [-0.1, -0.05) is 32.4 Å². The Kier molecular flexibility index (Phi) is 8.07. The fraction of sp³-hybridized carbons (Fsp3) is 0.312. The Balaban J connectivity index is 1.45. The van der Waals surface area contributed by atoms with Gasteiger partial charge in [0.25, 0.3) is 0 Å². The first-order chi connectivity index (χ1) is 18.6. The van der Waals surface area contributed by atoms with Crippen molar-refractivity contribution in [3.8, 4) is 17.2 Å². The predicted octanol–water partition coefficient (Wildman–Crippen LogP) is 7.91. The van der Waals surface area contributed by atoms with E-state index in [1.54, 1.807) is 42.5 Å². The van der Waals surface area contributed by atoms with Crippen LogP contribution >= 0.6 is 0 Å². The zero-order chi connectivity index (χ0) is 29.3. The summed E-state index contributed by atoms with van der Waals surface area (Å²) in [7, 11) is -7.32. The van der Waals surface area contributed by atoms with E-state index < -0.39 is 19.7 Å². The molecule has 3 aromatic carbocycles. The van der Waals surface area contributed by atoms with E-state index in [9.17, 15) is 16.8 Å². The normalized spacial score (nSPS) is 14.8. The predicted molar refractivity (Wildman–Crippen MR) is 157 cm³/mol. The molecule has 0 saturated carbocycles. The second-order valence-electron chi connectivity index (χ2n) is 11.8. The summed E-state index contributed by atoms with van der Waals surface area (Å²) in [4.78, 5) is 0.911. The molecule has 0 bridgehead atoms. The van der Waals surface area contributed by atoms with Gasteiger partial charge in [0, 0.05) is 4.91 Å². The minimum atomic E-state index is -3.72. The van der Waals surface area contributed by atoms with Gasteiger partial charge in [-0.3, -0.25) is 0 Å². The summed E-state index contributed by atoms with van der Waals surface area (Å²) in [6, 6.07) is 18.7. The summed E-state index contributed by atoms with van der Waals surface area (Å²) < 4.78 is 64.1. The van der Waals surface area contributed by atoms with Crippen LogP contribution in [0, 0.1) is 5.41 Å². The topological polar surface area (TPSA) is 86.7 Å². The molecule has 40 heavy (non-hydrogen) atoms.